The van der Waals surface area contributed by atoms with Crippen molar-refractivity contribution in [1.82, 2.24) is 19.9 Å². The first-order valence-electron chi connectivity index (χ1n) is 14.1. The first-order chi connectivity index (χ1) is 22.1. The minimum Gasteiger partial charge on any atom is -0.478 e. The predicted octanol–water partition coefficient (Wildman–Crippen LogP) is 4.56. The van der Waals surface area contributed by atoms with E-state index in [2.05, 4.69) is 28.8 Å². The van der Waals surface area contributed by atoms with Gasteiger partial charge in [-0.15, -0.1) is 5.10 Å². The van der Waals surface area contributed by atoms with Gasteiger partial charge in [0.2, 0.25) is 5.91 Å². The van der Waals surface area contributed by atoms with E-state index in [-0.39, 0.29) is 29.9 Å². The van der Waals surface area contributed by atoms with E-state index in [9.17, 15) is 28.7 Å². The number of fused-ring (bicyclic) bond motifs is 1. The van der Waals surface area contributed by atoms with Crippen LogP contribution in [0.25, 0.3) is 16.8 Å². The molecule has 11 nitrogen and oxygen atoms in total. The van der Waals surface area contributed by atoms with Crippen molar-refractivity contribution in [2.24, 2.45) is 5.73 Å². The zero-order valence-electron chi connectivity index (χ0n) is 24.5. The average Bonchev–Trinajstić information content (AvgIpc) is 3.52. The largest absolute Gasteiger partial charge is 0.478 e. The van der Waals surface area contributed by atoms with Crippen molar-refractivity contribution in [2.45, 2.75) is 18.9 Å². The van der Waals surface area contributed by atoms with Gasteiger partial charge >= 0.3 is 5.97 Å². The third-order valence-electron chi connectivity index (χ3n) is 7.46. The number of aromatic carboxylic acids is 1. The molecule has 0 fully saturated rings. The van der Waals surface area contributed by atoms with Gasteiger partial charge in [0.1, 0.15) is 17.6 Å². The lowest BCUT2D eigenvalue weighted by Gasteiger charge is -2.37. The van der Waals surface area contributed by atoms with Crippen LogP contribution < -0.4 is 11.1 Å². The van der Waals surface area contributed by atoms with E-state index in [1.807, 2.05) is 24.3 Å². The number of allylic oxidation sites excluding steroid dienone is 4. The van der Waals surface area contributed by atoms with E-state index in [1.54, 1.807) is 18.2 Å². The Morgan fingerprint density at radius 2 is 1.83 bits per heavy atom. The highest BCUT2D eigenvalue weighted by Crippen LogP contribution is 2.38. The summed E-state index contributed by atoms with van der Waals surface area (Å²) in [5.41, 5.74) is 9.37. The molecule has 0 saturated carbocycles. The van der Waals surface area contributed by atoms with Gasteiger partial charge in [-0.25, -0.2) is 13.9 Å². The number of carbonyl (C=O) groups is 4. The van der Waals surface area contributed by atoms with Crippen molar-refractivity contribution >= 4 is 35.1 Å². The first-order valence-corrected chi connectivity index (χ1v) is 14.1. The Morgan fingerprint density at radius 1 is 1.09 bits per heavy atom. The number of amides is 3. The molecule has 232 valence electrons. The summed E-state index contributed by atoms with van der Waals surface area (Å²) >= 11 is 0. The summed E-state index contributed by atoms with van der Waals surface area (Å²) in [6.07, 6.45) is 4.37. The van der Waals surface area contributed by atoms with Gasteiger partial charge in [-0.05, 0) is 64.6 Å². The Balaban J connectivity index is 1.56. The molecule has 1 aromatic heterocycles. The molecule has 2 heterocycles. The summed E-state index contributed by atoms with van der Waals surface area (Å²) < 4.78 is 15.1. The minimum absolute atomic E-state index is 0.0462. The molecule has 1 unspecified atom stereocenters. The molecule has 0 aliphatic carbocycles. The Kier molecular flexibility index (Phi) is 8.99. The van der Waals surface area contributed by atoms with Gasteiger partial charge < -0.3 is 21.1 Å². The normalized spacial score (nSPS) is 14.2. The van der Waals surface area contributed by atoms with E-state index >= 15 is 0 Å². The molecule has 0 spiro atoms. The number of nitrogens with zero attached hydrogens (tertiary/aromatic N) is 4. The third-order valence-corrected chi connectivity index (χ3v) is 7.46. The van der Waals surface area contributed by atoms with E-state index in [4.69, 9.17) is 5.73 Å². The molecule has 12 heteroatoms. The SMILES string of the molecule is C=C/C=C(\C(=C)F)n1cc(C(=O)N2CCc3c(-c4cccc(CC(N)=O)c4)cccc3C2C(=O)Nc2ccc(C(=O)O)cc2)nn1. The van der Waals surface area contributed by atoms with Crippen molar-refractivity contribution in [3.63, 3.8) is 0 Å². The molecule has 1 atom stereocenters. The number of nitrogens with one attached hydrogen (secondary N) is 1. The standard InChI is InChI=1S/C34H29FN6O5/c1-3-6-29(20(2)35)41-19-28(38-39-41)33(44)40-16-15-26-25(23-8-4-7-21(17-23)18-30(36)42)9-5-10-27(26)31(40)32(43)37-24-13-11-22(12-14-24)34(45)46/h3-14,17,19,31H,1-2,15-16,18H2,(H2,36,42)(H,37,43)(H,45,46)/b29-6+. The van der Waals surface area contributed by atoms with Gasteiger partial charge in [-0.2, -0.15) is 0 Å². The second-order valence-electron chi connectivity index (χ2n) is 10.5. The molecular weight excluding hydrogens is 591 g/mol. The van der Waals surface area contributed by atoms with Crippen molar-refractivity contribution in [1.29, 1.82) is 0 Å². The van der Waals surface area contributed by atoms with Crippen molar-refractivity contribution in [3.8, 4) is 11.1 Å². The fraction of sp³-hybridized carbons (Fsp3) is 0.118. The van der Waals surface area contributed by atoms with Crippen LogP contribution >= 0.6 is 0 Å². The number of aromatic nitrogens is 3. The molecule has 0 saturated heterocycles. The molecule has 3 amide bonds. The summed E-state index contributed by atoms with van der Waals surface area (Å²) in [6.45, 7) is 6.96. The maximum absolute atomic E-state index is 14.1. The maximum atomic E-state index is 14.1. The van der Waals surface area contributed by atoms with Gasteiger partial charge in [0.15, 0.2) is 5.69 Å². The molecule has 1 aliphatic heterocycles. The molecular formula is C34H29FN6O5. The third kappa shape index (κ3) is 6.50. The minimum atomic E-state index is -1.13. The van der Waals surface area contributed by atoms with Crippen LogP contribution in [0.15, 0.2) is 104 Å². The second-order valence-corrected chi connectivity index (χ2v) is 10.5. The zero-order chi connectivity index (χ0) is 33.0. The van der Waals surface area contributed by atoms with Crippen molar-refractivity contribution in [2.75, 3.05) is 11.9 Å². The van der Waals surface area contributed by atoms with Crippen LogP contribution in [-0.4, -0.2) is 55.2 Å². The van der Waals surface area contributed by atoms with Crippen LogP contribution in [0.5, 0.6) is 0 Å². The summed E-state index contributed by atoms with van der Waals surface area (Å²) in [5, 5.41) is 19.9. The molecule has 4 aromatic rings. The summed E-state index contributed by atoms with van der Waals surface area (Å²) in [5.74, 6) is -3.55. The molecule has 0 bridgehead atoms. The van der Waals surface area contributed by atoms with Gasteiger partial charge in [0, 0.05) is 12.2 Å². The Hall–Kier alpha value is -6.17. The summed E-state index contributed by atoms with van der Waals surface area (Å²) in [6, 6.07) is 17.3. The molecule has 3 aromatic carbocycles. The Bertz CT molecular complexity index is 1910. The molecule has 0 radical (unpaired) electrons. The topological polar surface area (TPSA) is 161 Å². The maximum Gasteiger partial charge on any atom is 0.335 e. The molecule has 4 N–H and O–H groups in total. The summed E-state index contributed by atoms with van der Waals surface area (Å²) in [7, 11) is 0. The highest BCUT2D eigenvalue weighted by molar-refractivity contribution is 6.02. The number of nitrogens with two attached hydrogens (primary N) is 1. The number of benzene rings is 3. The zero-order valence-corrected chi connectivity index (χ0v) is 24.5. The highest BCUT2D eigenvalue weighted by Gasteiger charge is 2.38. The van der Waals surface area contributed by atoms with Gasteiger partial charge in [-0.3, -0.25) is 14.4 Å². The number of anilines is 1. The van der Waals surface area contributed by atoms with E-state index in [0.717, 1.165) is 26.9 Å². The fourth-order valence-corrected chi connectivity index (χ4v) is 5.43. The van der Waals surface area contributed by atoms with Gasteiger partial charge in [-0.1, -0.05) is 66.9 Å². The first kappa shape index (κ1) is 31.3. The number of hydrogen-bond donors (Lipinski definition) is 3. The van der Waals surface area contributed by atoms with E-state index in [1.165, 1.54) is 47.5 Å². The molecule has 46 heavy (non-hydrogen) atoms. The van der Waals surface area contributed by atoms with Crippen LogP contribution in [0.3, 0.4) is 0 Å². The lowest BCUT2D eigenvalue weighted by molar-refractivity contribution is -0.121. The van der Waals surface area contributed by atoms with Crippen LogP contribution in [0, 0.1) is 0 Å². The molecule has 5 rings (SSSR count). The monoisotopic (exact) mass is 620 g/mol. The van der Waals surface area contributed by atoms with Crippen molar-refractivity contribution in [3.05, 3.63) is 132 Å². The number of carbonyl (C=O) groups excluding carboxylic acids is 3. The van der Waals surface area contributed by atoms with Gasteiger partial charge in [0.25, 0.3) is 11.8 Å². The molecule has 1 aliphatic rings. The Labute approximate surface area is 263 Å². The van der Waals surface area contributed by atoms with Crippen molar-refractivity contribution < 1.29 is 28.7 Å². The lowest BCUT2D eigenvalue weighted by Crippen LogP contribution is -2.45. The van der Waals surface area contributed by atoms with Crippen LogP contribution in [-0.2, 0) is 22.4 Å². The highest BCUT2D eigenvalue weighted by atomic mass is 19.1. The number of primary amides is 1. The van der Waals surface area contributed by atoms with E-state index < -0.39 is 35.6 Å². The second kappa shape index (κ2) is 13.2. The number of rotatable bonds is 10. The quantitative estimate of drug-likeness (QED) is 0.219. The van der Waals surface area contributed by atoms with E-state index in [0.29, 0.717) is 17.7 Å². The van der Waals surface area contributed by atoms with Gasteiger partial charge in [0.05, 0.1) is 18.2 Å². The fourth-order valence-electron chi connectivity index (χ4n) is 5.43. The summed E-state index contributed by atoms with van der Waals surface area (Å²) in [4.78, 5) is 52.2. The smallest absolute Gasteiger partial charge is 0.335 e. The number of carboxylic acid groups (broad SMARTS) is 1. The lowest BCUT2D eigenvalue weighted by atomic mass is 9.85. The number of halogens is 1. The van der Waals surface area contributed by atoms with Crippen LogP contribution in [0.4, 0.5) is 10.1 Å². The average molecular weight is 621 g/mol. The number of carboxylic acids is 1. The Morgan fingerprint density at radius 3 is 2.50 bits per heavy atom. The number of hydrogen-bond acceptors (Lipinski definition) is 6. The van der Waals surface area contributed by atoms with Crippen LogP contribution in [0.1, 0.15) is 43.6 Å². The predicted molar refractivity (Wildman–Crippen MR) is 169 cm³/mol. The van der Waals surface area contributed by atoms with Crippen LogP contribution in [0.2, 0.25) is 0 Å².